The van der Waals surface area contributed by atoms with Crippen LogP contribution in [-0.2, 0) is 4.79 Å². The van der Waals surface area contributed by atoms with Crippen molar-refractivity contribution in [1.29, 1.82) is 0 Å². The zero-order valence-electron chi connectivity index (χ0n) is 11.4. The largest absolute Gasteiger partial charge is 0.348 e. The maximum Gasteiger partial charge on any atom is 0.237 e. The lowest BCUT2D eigenvalue weighted by Crippen LogP contribution is -2.39. The highest BCUT2D eigenvalue weighted by atomic mass is 35.5. The first kappa shape index (κ1) is 16.1. The zero-order valence-corrected chi connectivity index (χ0v) is 12.2. The van der Waals surface area contributed by atoms with Gasteiger partial charge in [0.15, 0.2) is 0 Å². The van der Waals surface area contributed by atoms with Crippen molar-refractivity contribution in [3.05, 3.63) is 42.5 Å². The molecule has 108 valence electrons. The van der Waals surface area contributed by atoms with Gasteiger partial charge in [0.2, 0.25) is 5.91 Å². The summed E-state index contributed by atoms with van der Waals surface area (Å²) in [4.78, 5) is 15.4. The number of amides is 1. The fourth-order valence-corrected chi connectivity index (χ4v) is 1.69. The molecule has 0 aliphatic rings. The normalized spacial score (nSPS) is 13.2. The molecule has 2 rings (SSSR count). The van der Waals surface area contributed by atoms with E-state index in [2.05, 4.69) is 15.4 Å². The van der Waals surface area contributed by atoms with Gasteiger partial charge in [0, 0.05) is 0 Å². The Kier molecular flexibility index (Phi) is 5.66. The highest BCUT2D eigenvalue weighted by Crippen LogP contribution is 2.15. The van der Waals surface area contributed by atoms with Crippen molar-refractivity contribution in [3.8, 4) is 5.69 Å². The predicted octanol–water partition coefficient (Wildman–Crippen LogP) is 1.21. The number of hydrogen-bond acceptors (Lipinski definition) is 4. The lowest BCUT2D eigenvalue weighted by Gasteiger charge is -2.16. The number of halogens is 1. The average molecular weight is 296 g/mol. The molecular weight excluding hydrogens is 278 g/mol. The van der Waals surface area contributed by atoms with Crippen LogP contribution >= 0.6 is 12.4 Å². The van der Waals surface area contributed by atoms with Crippen molar-refractivity contribution < 1.29 is 4.79 Å². The van der Waals surface area contributed by atoms with Gasteiger partial charge in [-0.1, -0.05) is 12.1 Å². The Morgan fingerprint density at radius 3 is 2.45 bits per heavy atom. The number of rotatable bonds is 4. The van der Waals surface area contributed by atoms with Crippen LogP contribution in [0.1, 0.15) is 25.5 Å². The second kappa shape index (κ2) is 7.02. The summed E-state index contributed by atoms with van der Waals surface area (Å²) in [5, 5.41) is 6.90. The first-order chi connectivity index (χ1) is 9.08. The molecule has 2 aromatic rings. The van der Waals surface area contributed by atoms with E-state index in [0.717, 1.165) is 11.3 Å². The minimum atomic E-state index is -0.503. The molecule has 0 saturated heterocycles. The molecule has 20 heavy (non-hydrogen) atoms. The molecule has 1 aromatic heterocycles. The van der Waals surface area contributed by atoms with E-state index in [1.165, 1.54) is 6.33 Å². The van der Waals surface area contributed by atoms with Gasteiger partial charge in [0.05, 0.1) is 17.8 Å². The monoisotopic (exact) mass is 295 g/mol. The van der Waals surface area contributed by atoms with Crippen molar-refractivity contribution in [2.45, 2.75) is 25.9 Å². The Balaban J connectivity index is 0.00000200. The number of nitrogens with zero attached hydrogens (tertiary/aromatic N) is 3. The fourth-order valence-electron chi connectivity index (χ4n) is 1.69. The quantitative estimate of drug-likeness (QED) is 0.888. The molecule has 0 spiro atoms. The van der Waals surface area contributed by atoms with Gasteiger partial charge in [-0.2, -0.15) is 5.10 Å². The number of nitrogens with one attached hydrogen (secondary N) is 1. The average Bonchev–Trinajstić information content (AvgIpc) is 2.92. The number of carbonyl (C=O) groups is 1. The molecule has 0 fully saturated rings. The van der Waals surface area contributed by atoms with E-state index in [0.29, 0.717) is 0 Å². The fraction of sp³-hybridized carbons (Fsp3) is 0.308. The molecular formula is C13H18ClN5O. The summed E-state index contributed by atoms with van der Waals surface area (Å²) in [7, 11) is 0. The lowest BCUT2D eigenvalue weighted by molar-refractivity contribution is -0.122. The van der Waals surface area contributed by atoms with E-state index < -0.39 is 6.04 Å². The van der Waals surface area contributed by atoms with E-state index >= 15 is 0 Å². The summed E-state index contributed by atoms with van der Waals surface area (Å²) in [5.41, 5.74) is 7.46. The Morgan fingerprint density at radius 2 is 1.95 bits per heavy atom. The van der Waals surface area contributed by atoms with Crippen molar-refractivity contribution >= 4 is 18.3 Å². The second-order valence-electron chi connectivity index (χ2n) is 4.45. The van der Waals surface area contributed by atoms with Crippen molar-refractivity contribution in [3.63, 3.8) is 0 Å². The van der Waals surface area contributed by atoms with Crippen LogP contribution in [0.25, 0.3) is 5.69 Å². The highest BCUT2D eigenvalue weighted by molar-refractivity contribution is 5.85. The summed E-state index contributed by atoms with van der Waals surface area (Å²) in [5.74, 6) is -0.159. The van der Waals surface area contributed by atoms with E-state index in [1.807, 2.05) is 31.2 Å². The molecule has 6 nitrogen and oxygen atoms in total. The third kappa shape index (κ3) is 3.79. The number of hydrogen-bond donors (Lipinski definition) is 2. The molecule has 7 heteroatoms. The van der Waals surface area contributed by atoms with Crippen molar-refractivity contribution in [2.24, 2.45) is 5.73 Å². The molecule has 3 N–H and O–H groups in total. The maximum atomic E-state index is 11.5. The van der Waals surface area contributed by atoms with Crippen LogP contribution in [0.2, 0.25) is 0 Å². The first-order valence-corrected chi connectivity index (χ1v) is 6.09. The highest BCUT2D eigenvalue weighted by Gasteiger charge is 2.12. The molecule has 0 bridgehead atoms. The molecule has 1 amide bonds. The van der Waals surface area contributed by atoms with Crippen LogP contribution < -0.4 is 11.1 Å². The van der Waals surface area contributed by atoms with Gasteiger partial charge in [-0.05, 0) is 31.5 Å². The minimum absolute atomic E-state index is 0. The van der Waals surface area contributed by atoms with Crippen LogP contribution in [0, 0.1) is 0 Å². The van der Waals surface area contributed by atoms with Crippen LogP contribution in [0.15, 0.2) is 36.9 Å². The molecule has 2 atom stereocenters. The van der Waals surface area contributed by atoms with Crippen LogP contribution in [-0.4, -0.2) is 26.7 Å². The molecule has 1 unspecified atom stereocenters. The van der Waals surface area contributed by atoms with E-state index in [-0.39, 0.29) is 24.4 Å². The van der Waals surface area contributed by atoms with Crippen molar-refractivity contribution in [2.75, 3.05) is 0 Å². The van der Waals surface area contributed by atoms with Crippen molar-refractivity contribution in [1.82, 2.24) is 20.1 Å². The number of carbonyl (C=O) groups excluding carboxylic acids is 1. The summed E-state index contributed by atoms with van der Waals surface area (Å²) < 4.78 is 1.68. The summed E-state index contributed by atoms with van der Waals surface area (Å²) >= 11 is 0. The number of benzene rings is 1. The molecule has 1 heterocycles. The topological polar surface area (TPSA) is 85.8 Å². The molecule has 0 aliphatic heterocycles. The Hall–Kier alpha value is -1.92. The maximum absolute atomic E-state index is 11.5. The molecule has 0 radical (unpaired) electrons. The summed E-state index contributed by atoms with van der Waals surface area (Å²) in [6.45, 7) is 3.58. The SMILES string of the molecule is CC(NC(=O)[C@@H](C)N)c1ccc(-n2cncn2)cc1.Cl. The summed E-state index contributed by atoms with van der Waals surface area (Å²) in [6.07, 6.45) is 3.12. The molecule has 0 aliphatic carbocycles. The van der Waals surface area contributed by atoms with Gasteiger partial charge in [0.1, 0.15) is 12.7 Å². The Bertz CT molecular complexity index is 538. The Labute approximate surface area is 123 Å². The third-order valence-corrected chi connectivity index (χ3v) is 2.85. The zero-order chi connectivity index (χ0) is 13.8. The van der Waals surface area contributed by atoms with E-state index in [4.69, 9.17) is 5.73 Å². The van der Waals surface area contributed by atoms with E-state index in [1.54, 1.807) is 17.9 Å². The predicted molar refractivity (Wildman–Crippen MR) is 78.8 cm³/mol. The third-order valence-electron chi connectivity index (χ3n) is 2.85. The van der Waals surface area contributed by atoms with E-state index in [9.17, 15) is 4.79 Å². The standard InChI is InChI=1S/C13H17N5O.ClH/c1-9(14)13(19)17-10(2)11-3-5-12(6-4-11)18-8-15-7-16-18;/h3-10H,14H2,1-2H3,(H,17,19);1H/t9-,10?;/m1./s1. The van der Waals surface area contributed by atoms with Gasteiger partial charge >= 0.3 is 0 Å². The smallest absolute Gasteiger partial charge is 0.237 e. The van der Waals surface area contributed by atoms with Gasteiger partial charge in [-0.15, -0.1) is 12.4 Å². The summed E-state index contributed by atoms with van der Waals surface area (Å²) in [6, 6.07) is 7.17. The van der Waals surface area contributed by atoms with Crippen LogP contribution in [0.4, 0.5) is 0 Å². The van der Waals surface area contributed by atoms with Gasteiger partial charge < -0.3 is 11.1 Å². The molecule has 1 aromatic carbocycles. The second-order valence-corrected chi connectivity index (χ2v) is 4.45. The Morgan fingerprint density at radius 1 is 1.30 bits per heavy atom. The lowest BCUT2D eigenvalue weighted by atomic mass is 10.1. The van der Waals surface area contributed by atoms with Crippen LogP contribution in [0.5, 0.6) is 0 Å². The van der Waals surface area contributed by atoms with Gasteiger partial charge in [-0.3, -0.25) is 4.79 Å². The minimum Gasteiger partial charge on any atom is -0.348 e. The number of aromatic nitrogens is 3. The first-order valence-electron chi connectivity index (χ1n) is 6.09. The van der Waals surface area contributed by atoms with Gasteiger partial charge in [-0.25, -0.2) is 9.67 Å². The number of nitrogens with two attached hydrogens (primary N) is 1. The van der Waals surface area contributed by atoms with Crippen LogP contribution in [0.3, 0.4) is 0 Å². The van der Waals surface area contributed by atoms with Gasteiger partial charge in [0.25, 0.3) is 0 Å². The molecule has 0 saturated carbocycles.